The van der Waals surface area contributed by atoms with Crippen LogP contribution in [0.4, 0.5) is 0 Å². The number of rotatable bonds is 9. The van der Waals surface area contributed by atoms with Crippen molar-refractivity contribution in [1.82, 2.24) is 5.32 Å². The molecule has 1 unspecified atom stereocenters. The number of ether oxygens (including phenoxy) is 1. The normalized spacial score (nSPS) is 12.3. The van der Waals surface area contributed by atoms with Crippen LogP contribution in [0.3, 0.4) is 0 Å². The molecular weight excluding hydrogens is 210 g/mol. The molecule has 0 aromatic heterocycles. The quantitative estimate of drug-likeness (QED) is 0.523. The number of benzene rings is 1. The van der Waals surface area contributed by atoms with Gasteiger partial charge in [0.25, 0.3) is 0 Å². The molecule has 0 spiro atoms. The Bertz CT molecular complexity index is 297. The summed E-state index contributed by atoms with van der Waals surface area (Å²) >= 11 is 0. The molecule has 1 rings (SSSR count). The second-order valence-electron chi connectivity index (χ2n) is 4.27. The van der Waals surface area contributed by atoms with Crippen LogP contribution in [0.2, 0.25) is 0 Å². The summed E-state index contributed by atoms with van der Waals surface area (Å²) in [5, 5.41) is 3.21. The molecule has 2 heteroatoms. The monoisotopic (exact) mass is 233 g/mol. The molecule has 1 N–H and O–H groups in total. The fraction of sp³-hybridized carbons (Fsp3) is 0.467. The SMILES string of the molecule is C=CCC(CCOCc1ccccc1)CNC. The van der Waals surface area contributed by atoms with E-state index < -0.39 is 0 Å². The molecule has 94 valence electrons. The Morgan fingerprint density at radius 1 is 1.35 bits per heavy atom. The van der Waals surface area contributed by atoms with Gasteiger partial charge in [-0.05, 0) is 37.9 Å². The molecule has 0 aliphatic heterocycles. The maximum absolute atomic E-state index is 5.68. The van der Waals surface area contributed by atoms with E-state index in [0.717, 1.165) is 26.0 Å². The lowest BCUT2D eigenvalue weighted by Gasteiger charge is -2.14. The Morgan fingerprint density at radius 2 is 2.12 bits per heavy atom. The van der Waals surface area contributed by atoms with Crippen LogP contribution in [-0.4, -0.2) is 20.2 Å². The van der Waals surface area contributed by atoms with E-state index in [4.69, 9.17) is 4.74 Å². The first-order valence-electron chi connectivity index (χ1n) is 6.24. The summed E-state index contributed by atoms with van der Waals surface area (Å²) in [5.74, 6) is 0.633. The molecule has 0 saturated heterocycles. The van der Waals surface area contributed by atoms with Crippen LogP contribution in [0.5, 0.6) is 0 Å². The van der Waals surface area contributed by atoms with E-state index in [1.807, 2.05) is 31.3 Å². The van der Waals surface area contributed by atoms with Crippen LogP contribution in [0, 0.1) is 5.92 Å². The summed E-state index contributed by atoms with van der Waals surface area (Å²) < 4.78 is 5.68. The lowest BCUT2D eigenvalue weighted by molar-refractivity contribution is 0.107. The van der Waals surface area contributed by atoms with Crippen molar-refractivity contribution < 1.29 is 4.74 Å². The summed E-state index contributed by atoms with van der Waals surface area (Å²) in [6.45, 7) is 6.34. The Balaban J connectivity index is 2.15. The summed E-state index contributed by atoms with van der Waals surface area (Å²) in [6, 6.07) is 10.3. The molecule has 17 heavy (non-hydrogen) atoms. The molecule has 0 amide bonds. The Labute approximate surface area is 105 Å². The van der Waals surface area contributed by atoms with E-state index in [9.17, 15) is 0 Å². The molecule has 0 saturated carbocycles. The fourth-order valence-electron chi connectivity index (χ4n) is 1.84. The van der Waals surface area contributed by atoms with Gasteiger partial charge in [-0.3, -0.25) is 0 Å². The first-order valence-corrected chi connectivity index (χ1v) is 6.24. The zero-order chi connectivity index (χ0) is 12.3. The highest BCUT2D eigenvalue weighted by atomic mass is 16.5. The average Bonchev–Trinajstić information content (AvgIpc) is 2.36. The third-order valence-electron chi connectivity index (χ3n) is 2.77. The maximum atomic E-state index is 5.68. The molecule has 1 atom stereocenters. The van der Waals surface area contributed by atoms with E-state index in [1.165, 1.54) is 5.56 Å². The Hall–Kier alpha value is -1.12. The minimum Gasteiger partial charge on any atom is -0.377 e. The first kappa shape index (κ1) is 13.9. The molecule has 0 bridgehead atoms. The molecule has 1 aromatic rings. The van der Waals surface area contributed by atoms with Crippen molar-refractivity contribution in [2.75, 3.05) is 20.2 Å². The van der Waals surface area contributed by atoms with Gasteiger partial charge >= 0.3 is 0 Å². The van der Waals surface area contributed by atoms with E-state index in [2.05, 4.69) is 24.0 Å². The van der Waals surface area contributed by atoms with Gasteiger partial charge in [-0.15, -0.1) is 6.58 Å². The second-order valence-corrected chi connectivity index (χ2v) is 4.27. The predicted molar refractivity (Wildman–Crippen MR) is 72.9 cm³/mol. The highest BCUT2D eigenvalue weighted by Gasteiger charge is 2.05. The summed E-state index contributed by atoms with van der Waals surface area (Å²) in [7, 11) is 1.99. The van der Waals surface area contributed by atoms with Crippen LogP contribution in [0.1, 0.15) is 18.4 Å². The summed E-state index contributed by atoms with van der Waals surface area (Å²) in [6.07, 6.45) is 4.12. The third kappa shape index (κ3) is 6.25. The predicted octanol–water partition coefficient (Wildman–Crippen LogP) is 3.01. The number of nitrogens with one attached hydrogen (secondary N) is 1. The lowest BCUT2D eigenvalue weighted by atomic mass is 10.0. The van der Waals surface area contributed by atoms with Gasteiger partial charge in [0.2, 0.25) is 0 Å². The molecule has 0 aliphatic rings. The van der Waals surface area contributed by atoms with Gasteiger partial charge < -0.3 is 10.1 Å². The van der Waals surface area contributed by atoms with Crippen molar-refractivity contribution in [3.05, 3.63) is 48.6 Å². The minimum atomic E-state index is 0.633. The molecular formula is C15H23NO. The van der Waals surface area contributed by atoms with Crippen LogP contribution in [0.25, 0.3) is 0 Å². The fourth-order valence-corrected chi connectivity index (χ4v) is 1.84. The van der Waals surface area contributed by atoms with Gasteiger partial charge in [0, 0.05) is 6.61 Å². The lowest BCUT2D eigenvalue weighted by Crippen LogP contribution is -2.19. The van der Waals surface area contributed by atoms with Crippen molar-refractivity contribution in [2.45, 2.75) is 19.4 Å². The highest BCUT2D eigenvalue weighted by Crippen LogP contribution is 2.09. The van der Waals surface area contributed by atoms with E-state index in [-0.39, 0.29) is 0 Å². The van der Waals surface area contributed by atoms with Crippen molar-refractivity contribution >= 4 is 0 Å². The van der Waals surface area contributed by atoms with E-state index in [0.29, 0.717) is 12.5 Å². The van der Waals surface area contributed by atoms with Crippen LogP contribution in [-0.2, 0) is 11.3 Å². The summed E-state index contributed by atoms with van der Waals surface area (Å²) in [4.78, 5) is 0. The van der Waals surface area contributed by atoms with Gasteiger partial charge in [0.1, 0.15) is 0 Å². The van der Waals surface area contributed by atoms with Gasteiger partial charge in [0.05, 0.1) is 6.61 Å². The van der Waals surface area contributed by atoms with Crippen LogP contribution < -0.4 is 5.32 Å². The number of allylic oxidation sites excluding steroid dienone is 1. The van der Waals surface area contributed by atoms with Crippen LogP contribution >= 0.6 is 0 Å². The van der Waals surface area contributed by atoms with Gasteiger partial charge in [-0.25, -0.2) is 0 Å². The zero-order valence-electron chi connectivity index (χ0n) is 10.7. The molecule has 0 fully saturated rings. The topological polar surface area (TPSA) is 21.3 Å². The second kappa shape index (κ2) is 8.97. The van der Waals surface area contributed by atoms with Crippen molar-refractivity contribution in [3.63, 3.8) is 0 Å². The average molecular weight is 233 g/mol. The zero-order valence-corrected chi connectivity index (χ0v) is 10.7. The van der Waals surface area contributed by atoms with Crippen molar-refractivity contribution in [2.24, 2.45) is 5.92 Å². The highest BCUT2D eigenvalue weighted by molar-refractivity contribution is 5.13. The minimum absolute atomic E-state index is 0.633. The summed E-state index contributed by atoms with van der Waals surface area (Å²) in [5.41, 5.74) is 1.24. The molecule has 0 radical (unpaired) electrons. The number of hydrogen-bond donors (Lipinski definition) is 1. The first-order chi connectivity index (χ1) is 8.36. The largest absolute Gasteiger partial charge is 0.377 e. The van der Waals surface area contributed by atoms with E-state index in [1.54, 1.807) is 0 Å². The van der Waals surface area contributed by atoms with Gasteiger partial charge in [-0.1, -0.05) is 36.4 Å². The molecule has 0 aliphatic carbocycles. The maximum Gasteiger partial charge on any atom is 0.0716 e. The van der Waals surface area contributed by atoms with Crippen molar-refractivity contribution in [3.8, 4) is 0 Å². The Morgan fingerprint density at radius 3 is 2.76 bits per heavy atom. The van der Waals surface area contributed by atoms with Crippen LogP contribution in [0.15, 0.2) is 43.0 Å². The third-order valence-corrected chi connectivity index (χ3v) is 2.77. The smallest absolute Gasteiger partial charge is 0.0716 e. The van der Waals surface area contributed by atoms with Gasteiger partial charge in [-0.2, -0.15) is 0 Å². The molecule has 1 aromatic carbocycles. The molecule has 0 heterocycles. The van der Waals surface area contributed by atoms with Gasteiger partial charge in [0.15, 0.2) is 0 Å². The Kier molecular flexibility index (Phi) is 7.35. The number of hydrogen-bond acceptors (Lipinski definition) is 2. The standard InChI is InChI=1S/C15H23NO/c1-3-7-14(12-16-2)10-11-17-13-15-8-5-4-6-9-15/h3-6,8-9,14,16H,1,7,10-13H2,2H3. The molecule has 2 nitrogen and oxygen atoms in total. The van der Waals surface area contributed by atoms with E-state index >= 15 is 0 Å². The van der Waals surface area contributed by atoms with Crippen molar-refractivity contribution in [1.29, 1.82) is 0 Å².